The van der Waals surface area contributed by atoms with Gasteiger partial charge in [0.05, 0.1) is 0 Å². The molecule has 66 valence electrons. The number of amides is 1. The quantitative estimate of drug-likeness (QED) is 0.659. The van der Waals surface area contributed by atoms with Gasteiger partial charge in [0.15, 0.2) is 0 Å². The van der Waals surface area contributed by atoms with Crippen molar-refractivity contribution in [2.24, 2.45) is 5.73 Å². The first kappa shape index (κ1) is 8.00. The molecule has 0 atom stereocenters. The smallest absolute Gasteiger partial charge is 0.265 e. The molecule has 2 heterocycles. The number of aromatic nitrogens is 3. The second-order valence-electron chi connectivity index (χ2n) is 2.49. The van der Waals surface area contributed by atoms with Crippen molar-refractivity contribution < 1.29 is 4.79 Å². The van der Waals surface area contributed by atoms with Gasteiger partial charge in [0.25, 0.3) is 5.91 Å². The number of primary amides is 1. The number of aromatic amines is 1. The predicted molar refractivity (Wildman–Crippen MR) is 47.4 cm³/mol. The molecule has 13 heavy (non-hydrogen) atoms. The Kier molecular flexibility index (Phi) is 1.66. The number of nitrogens with two attached hydrogens (primary N) is 1. The van der Waals surface area contributed by atoms with Gasteiger partial charge in [-0.25, -0.2) is 4.98 Å². The minimum Gasteiger partial charge on any atom is -0.364 e. The Morgan fingerprint density at radius 3 is 3.08 bits per heavy atom. The Hall–Kier alpha value is -1.62. The molecule has 0 saturated heterocycles. The van der Waals surface area contributed by atoms with E-state index in [1.54, 1.807) is 6.07 Å². The highest BCUT2D eigenvalue weighted by Gasteiger charge is 2.06. The Morgan fingerprint density at radius 2 is 2.38 bits per heavy atom. The van der Waals surface area contributed by atoms with Crippen LogP contribution in [0.25, 0.3) is 11.0 Å². The molecule has 0 unspecified atom stereocenters. The Bertz CT molecular complexity index is 478. The fourth-order valence-corrected chi connectivity index (χ4v) is 1.16. The lowest BCUT2D eigenvalue weighted by Gasteiger charge is -1.87. The zero-order valence-electron chi connectivity index (χ0n) is 6.41. The summed E-state index contributed by atoms with van der Waals surface area (Å²) in [4.78, 5) is 21.1. The molecule has 0 fully saturated rings. The normalized spacial score (nSPS) is 10.5. The van der Waals surface area contributed by atoms with Crippen LogP contribution < -0.4 is 5.73 Å². The zero-order chi connectivity index (χ0) is 9.42. The molecule has 0 aromatic carbocycles. The summed E-state index contributed by atoms with van der Waals surface area (Å²) in [6.07, 6.45) is 1.52. The van der Waals surface area contributed by atoms with Crippen LogP contribution in [0.2, 0.25) is 5.28 Å². The third-order valence-corrected chi connectivity index (χ3v) is 1.79. The molecule has 0 aliphatic heterocycles. The third kappa shape index (κ3) is 1.33. The maximum Gasteiger partial charge on any atom is 0.265 e. The first-order valence-corrected chi connectivity index (χ1v) is 3.85. The first-order chi connectivity index (χ1) is 6.16. The average Bonchev–Trinajstić information content (AvgIpc) is 2.46. The molecule has 2 rings (SSSR count). The maximum absolute atomic E-state index is 10.8. The van der Waals surface area contributed by atoms with E-state index in [0.717, 1.165) is 0 Å². The Morgan fingerprint density at radius 1 is 1.62 bits per heavy atom. The van der Waals surface area contributed by atoms with Gasteiger partial charge >= 0.3 is 0 Å². The van der Waals surface area contributed by atoms with Crippen molar-refractivity contribution in [1.82, 2.24) is 15.0 Å². The van der Waals surface area contributed by atoms with Crippen LogP contribution in [-0.2, 0) is 0 Å². The van der Waals surface area contributed by atoms with Crippen LogP contribution >= 0.6 is 11.6 Å². The van der Waals surface area contributed by atoms with Crippen molar-refractivity contribution in [3.05, 3.63) is 23.2 Å². The van der Waals surface area contributed by atoms with Gasteiger partial charge in [0.2, 0.25) is 5.28 Å². The summed E-state index contributed by atoms with van der Waals surface area (Å²) >= 11 is 5.55. The first-order valence-electron chi connectivity index (χ1n) is 3.48. The van der Waals surface area contributed by atoms with Gasteiger partial charge in [-0.15, -0.1) is 0 Å². The molecule has 0 spiro atoms. The minimum absolute atomic E-state index is 0.130. The van der Waals surface area contributed by atoms with Crippen molar-refractivity contribution in [1.29, 1.82) is 0 Å². The van der Waals surface area contributed by atoms with Crippen LogP contribution in [0, 0.1) is 0 Å². The molecule has 6 heteroatoms. The summed E-state index contributed by atoms with van der Waals surface area (Å²) in [6, 6.07) is 1.58. The number of fused-ring (bicyclic) bond motifs is 1. The molecule has 0 saturated carbocycles. The Labute approximate surface area is 77.9 Å². The Balaban J connectivity index is 2.68. The van der Waals surface area contributed by atoms with E-state index < -0.39 is 5.91 Å². The topological polar surface area (TPSA) is 84.7 Å². The van der Waals surface area contributed by atoms with E-state index in [-0.39, 0.29) is 5.28 Å². The van der Waals surface area contributed by atoms with Crippen molar-refractivity contribution in [2.75, 3.05) is 0 Å². The molecule has 0 aliphatic rings. The van der Waals surface area contributed by atoms with E-state index in [4.69, 9.17) is 17.3 Å². The fraction of sp³-hybridized carbons (Fsp3) is 0. The highest BCUT2D eigenvalue weighted by molar-refractivity contribution is 6.28. The van der Waals surface area contributed by atoms with Crippen molar-refractivity contribution >= 4 is 28.5 Å². The summed E-state index contributed by atoms with van der Waals surface area (Å²) in [6.45, 7) is 0. The summed E-state index contributed by atoms with van der Waals surface area (Å²) in [5.74, 6) is -0.533. The number of halogens is 1. The maximum atomic E-state index is 10.8. The third-order valence-electron chi connectivity index (χ3n) is 1.61. The monoisotopic (exact) mass is 196 g/mol. The molecule has 3 N–H and O–H groups in total. The molecule has 0 bridgehead atoms. The molecule has 0 radical (unpaired) electrons. The highest BCUT2D eigenvalue weighted by atomic mass is 35.5. The fourth-order valence-electron chi connectivity index (χ4n) is 1.03. The van der Waals surface area contributed by atoms with Crippen LogP contribution in [-0.4, -0.2) is 20.9 Å². The molecular weight excluding hydrogens is 192 g/mol. The largest absolute Gasteiger partial charge is 0.364 e. The minimum atomic E-state index is -0.533. The van der Waals surface area contributed by atoms with Gasteiger partial charge in [0, 0.05) is 11.6 Å². The van der Waals surface area contributed by atoms with Crippen LogP contribution in [0.3, 0.4) is 0 Å². The van der Waals surface area contributed by atoms with Gasteiger partial charge in [-0.3, -0.25) is 4.79 Å². The van der Waals surface area contributed by atoms with Crippen LogP contribution in [0.5, 0.6) is 0 Å². The number of H-pyrrole nitrogens is 1. The summed E-state index contributed by atoms with van der Waals surface area (Å²) in [7, 11) is 0. The summed E-state index contributed by atoms with van der Waals surface area (Å²) in [5, 5.41) is 0.837. The molecule has 2 aromatic rings. The van der Waals surface area contributed by atoms with Crippen molar-refractivity contribution in [3.8, 4) is 0 Å². The van der Waals surface area contributed by atoms with E-state index in [0.29, 0.717) is 16.7 Å². The molecule has 2 aromatic heterocycles. The molecule has 5 nitrogen and oxygen atoms in total. The average molecular weight is 197 g/mol. The molecule has 1 amide bonds. The van der Waals surface area contributed by atoms with Crippen molar-refractivity contribution in [3.63, 3.8) is 0 Å². The van der Waals surface area contributed by atoms with Crippen molar-refractivity contribution in [2.45, 2.75) is 0 Å². The zero-order valence-corrected chi connectivity index (χ0v) is 7.17. The van der Waals surface area contributed by atoms with Gasteiger partial charge in [-0.05, 0) is 17.7 Å². The van der Waals surface area contributed by atoms with Crippen LogP contribution in [0.1, 0.15) is 10.5 Å². The summed E-state index contributed by atoms with van der Waals surface area (Å²) in [5.41, 5.74) is 5.87. The van der Waals surface area contributed by atoms with E-state index in [1.165, 1.54) is 6.20 Å². The summed E-state index contributed by atoms with van der Waals surface area (Å²) < 4.78 is 0. The number of rotatable bonds is 1. The lowest BCUT2D eigenvalue weighted by atomic mass is 10.3. The van der Waals surface area contributed by atoms with E-state index in [9.17, 15) is 4.79 Å². The number of carbonyl (C=O) groups excluding carboxylic acids is 1. The highest BCUT2D eigenvalue weighted by Crippen LogP contribution is 2.13. The number of hydrogen-bond donors (Lipinski definition) is 2. The second kappa shape index (κ2) is 2.70. The van der Waals surface area contributed by atoms with Gasteiger partial charge < -0.3 is 10.7 Å². The van der Waals surface area contributed by atoms with Crippen LogP contribution in [0.15, 0.2) is 12.3 Å². The van der Waals surface area contributed by atoms with Crippen LogP contribution in [0.4, 0.5) is 0 Å². The predicted octanol–water partition coefficient (Wildman–Crippen LogP) is 0.710. The number of carbonyl (C=O) groups is 1. The number of nitrogens with zero attached hydrogens (tertiary/aromatic N) is 2. The van der Waals surface area contributed by atoms with Gasteiger partial charge in [-0.1, -0.05) is 0 Å². The second-order valence-corrected chi connectivity index (χ2v) is 2.83. The SMILES string of the molecule is NC(=O)c1cc2cnc(Cl)nc2[nH]1. The van der Waals surface area contributed by atoms with E-state index >= 15 is 0 Å². The lowest BCUT2D eigenvalue weighted by Crippen LogP contribution is -2.10. The van der Waals surface area contributed by atoms with Gasteiger partial charge in [-0.2, -0.15) is 4.98 Å². The van der Waals surface area contributed by atoms with E-state index in [1.807, 2.05) is 0 Å². The van der Waals surface area contributed by atoms with E-state index in [2.05, 4.69) is 15.0 Å². The number of hydrogen-bond acceptors (Lipinski definition) is 3. The standard InChI is InChI=1S/C7H5ClN4O/c8-7-10-2-3-1-4(5(9)13)11-6(3)12-7/h1-2H,(H2,9,13)(H,10,11,12). The molecular formula is C7H5ClN4O. The number of nitrogens with one attached hydrogen (secondary N) is 1. The molecule has 0 aliphatic carbocycles. The lowest BCUT2D eigenvalue weighted by molar-refractivity contribution is 0.0996. The van der Waals surface area contributed by atoms with Gasteiger partial charge in [0.1, 0.15) is 11.3 Å².